The van der Waals surface area contributed by atoms with Crippen molar-refractivity contribution in [3.05, 3.63) is 71.3 Å². The van der Waals surface area contributed by atoms with Gasteiger partial charge in [-0.3, -0.25) is 9.59 Å². The van der Waals surface area contributed by atoms with Gasteiger partial charge in [-0.25, -0.2) is 13.3 Å². The van der Waals surface area contributed by atoms with Crippen molar-refractivity contribution in [1.29, 1.82) is 0 Å². The van der Waals surface area contributed by atoms with Crippen molar-refractivity contribution in [3.63, 3.8) is 0 Å². The van der Waals surface area contributed by atoms with E-state index in [1.165, 1.54) is 6.08 Å². The van der Waals surface area contributed by atoms with E-state index in [9.17, 15) is 18.0 Å². The molecule has 2 aromatic rings. The standard InChI is InChI=1S/C23H26N2O4S/c1-6-12-24(30(28,29)22-17(4)15(2)13-16(3)18(22)5)20-14-21(26)25(23(20)27)19-10-8-7-9-11-19/h6-11,13,20H,1,12,14H2,2-5H3. The van der Waals surface area contributed by atoms with Crippen molar-refractivity contribution < 1.29 is 18.0 Å². The number of sulfonamides is 1. The van der Waals surface area contributed by atoms with Crippen LogP contribution in [-0.2, 0) is 19.6 Å². The number of benzene rings is 2. The third kappa shape index (κ3) is 3.59. The Morgan fingerprint density at radius 2 is 1.63 bits per heavy atom. The molecular weight excluding hydrogens is 400 g/mol. The fourth-order valence-corrected chi connectivity index (χ4v) is 6.03. The van der Waals surface area contributed by atoms with Crippen LogP contribution in [0.4, 0.5) is 5.69 Å². The summed E-state index contributed by atoms with van der Waals surface area (Å²) < 4.78 is 28.6. The quantitative estimate of drug-likeness (QED) is 0.524. The van der Waals surface area contributed by atoms with Gasteiger partial charge < -0.3 is 0 Å². The predicted molar refractivity (Wildman–Crippen MR) is 117 cm³/mol. The summed E-state index contributed by atoms with van der Waals surface area (Å²) in [5.74, 6) is -0.967. The molecule has 1 unspecified atom stereocenters. The lowest BCUT2D eigenvalue weighted by atomic mass is 10.0. The second kappa shape index (κ2) is 8.16. The van der Waals surface area contributed by atoms with Gasteiger partial charge in [-0.05, 0) is 62.1 Å². The maximum atomic E-state index is 13.7. The molecule has 0 aliphatic carbocycles. The summed E-state index contributed by atoms with van der Waals surface area (Å²) in [4.78, 5) is 27.1. The van der Waals surface area contributed by atoms with Gasteiger partial charge in [0.05, 0.1) is 17.0 Å². The molecule has 0 spiro atoms. The third-order valence-electron chi connectivity index (χ3n) is 5.66. The molecule has 0 N–H and O–H groups in total. The Labute approximate surface area is 177 Å². The zero-order chi connectivity index (χ0) is 22.2. The zero-order valence-corrected chi connectivity index (χ0v) is 18.5. The molecule has 6 nitrogen and oxygen atoms in total. The van der Waals surface area contributed by atoms with Crippen molar-refractivity contribution in [2.45, 2.75) is 45.1 Å². The Morgan fingerprint density at radius 3 is 2.17 bits per heavy atom. The number of rotatable bonds is 6. The first-order chi connectivity index (χ1) is 14.1. The average Bonchev–Trinajstić information content (AvgIpc) is 2.98. The maximum Gasteiger partial charge on any atom is 0.252 e. The molecule has 2 amide bonds. The van der Waals surface area contributed by atoms with Gasteiger partial charge in [0.25, 0.3) is 5.91 Å². The number of carbonyl (C=O) groups excluding carboxylic acids is 2. The topological polar surface area (TPSA) is 74.8 Å². The number of para-hydroxylation sites is 1. The third-order valence-corrected chi connectivity index (χ3v) is 7.81. The minimum absolute atomic E-state index is 0.0689. The molecule has 0 bridgehead atoms. The van der Waals surface area contributed by atoms with Crippen LogP contribution in [0.25, 0.3) is 0 Å². The Morgan fingerprint density at radius 1 is 1.07 bits per heavy atom. The van der Waals surface area contributed by atoms with Gasteiger partial charge in [-0.2, -0.15) is 4.31 Å². The SMILES string of the molecule is C=CCN(C1CC(=O)N(c2ccccc2)C1=O)S(=O)(=O)c1c(C)c(C)cc(C)c1C. The Bertz CT molecular complexity index is 1100. The van der Waals surface area contributed by atoms with Crippen LogP contribution >= 0.6 is 0 Å². The number of nitrogens with zero attached hydrogens (tertiary/aromatic N) is 2. The Hall–Kier alpha value is -2.77. The first kappa shape index (κ1) is 21.9. The molecule has 30 heavy (non-hydrogen) atoms. The summed E-state index contributed by atoms with van der Waals surface area (Å²) in [5.41, 5.74) is 3.43. The molecule has 3 rings (SSSR count). The molecule has 0 aromatic heterocycles. The molecule has 1 heterocycles. The van der Waals surface area contributed by atoms with E-state index in [0.29, 0.717) is 16.8 Å². The lowest BCUT2D eigenvalue weighted by Gasteiger charge is -2.28. The highest BCUT2D eigenvalue weighted by molar-refractivity contribution is 7.89. The van der Waals surface area contributed by atoms with E-state index in [2.05, 4.69) is 6.58 Å². The number of amides is 2. The summed E-state index contributed by atoms with van der Waals surface area (Å²) in [6, 6.07) is 9.38. The summed E-state index contributed by atoms with van der Waals surface area (Å²) in [6.45, 7) is 10.8. The summed E-state index contributed by atoms with van der Waals surface area (Å²) in [6.07, 6.45) is 1.23. The smallest absolute Gasteiger partial charge is 0.252 e. The highest BCUT2D eigenvalue weighted by atomic mass is 32.2. The van der Waals surface area contributed by atoms with Crippen LogP contribution in [0.3, 0.4) is 0 Å². The van der Waals surface area contributed by atoms with Crippen molar-refractivity contribution in [1.82, 2.24) is 4.31 Å². The van der Waals surface area contributed by atoms with Gasteiger partial charge >= 0.3 is 0 Å². The van der Waals surface area contributed by atoms with Crippen molar-refractivity contribution in [3.8, 4) is 0 Å². The van der Waals surface area contributed by atoms with Crippen molar-refractivity contribution in [2.24, 2.45) is 0 Å². The molecule has 7 heteroatoms. The largest absolute Gasteiger partial charge is 0.274 e. The minimum atomic E-state index is -4.05. The number of aryl methyl sites for hydroxylation is 2. The van der Waals surface area contributed by atoms with Crippen molar-refractivity contribution >= 4 is 27.5 Å². The highest BCUT2D eigenvalue weighted by Crippen LogP contribution is 2.33. The van der Waals surface area contributed by atoms with E-state index < -0.39 is 27.9 Å². The first-order valence-corrected chi connectivity index (χ1v) is 11.2. The zero-order valence-electron chi connectivity index (χ0n) is 17.7. The van der Waals surface area contributed by atoms with Crippen LogP contribution in [0.1, 0.15) is 28.7 Å². The van der Waals surface area contributed by atoms with Gasteiger partial charge in [0, 0.05) is 6.54 Å². The maximum absolute atomic E-state index is 13.7. The van der Waals surface area contributed by atoms with Gasteiger partial charge in [0.1, 0.15) is 6.04 Å². The van der Waals surface area contributed by atoms with E-state index in [-0.39, 0.29) is 17.9 Å². The molecule has 0 radical (unpaired) electrons. The molecule has 0 saturated carbocycles. The second-order valence-electron chi connectivity index (χ2n) is 7.58. The van der Waals surface area contributed by atoms with Crippen LogP contribution in [0.2, 0.25) is 0 Å². The fourth-order valence-electron chi connectivity index (χ4n) is 3.89. The van der Waals surface area contributed by atoms with Crippen LogP contribution in [0, 0.1) is 27.7 Å². The number of anilines is 1. The van der Waals surface area contributed by atoms with Gasteiger partial charge in [0.2, 0.25) is 15.9 Å². The highest BCUT2D eigenvalue weighted by Gasteiger charge is 2.47. The summed E-state index contributed by atoms with van der Waals surface area (Å²) in [5, 5.41) is 0. The van der Waals surface area contributed by atoms with Crippen LogP contribution in [0.5, 0.6) is 0 Å². The van der Waals surface area contributed by atoms with Crippen LogP contribution in [-0.4, -0.2) is 37.1 Å². The van der Waals surface area contributed by atoms with Gasteiger partial charge in [-0.1, -0.05) is 30.3 Å². The molecule has 2 aromatic carbocycles. The number of carbonyl (C=O) groups is 2. The number of hydrogen-bond donors (Lipinski definition) is 0. The lowest BCUT2D eigenvalue weighted by molar-refractivity contribution is -0.122. The normalized spacial score (nSPS) is 17.1. The van der Waals surface area contributed by atoms with E-state index in [1.54, 1.807) is 44.2 Å². The molecule has 1 atom stereocenters. The van der Waals surface area contributed by atoms with E-state index in [1.807, 2.05) is 19.9 Å². The minimum Gasteiger partial charge on any atom is -0.274 e. The number of hydrogen-bond acceptors (Lipinski definition) is 4. The summed E-state index contributed by atoms with van der Waals surface area (Å²) in [7, 11) is -4.05. The second-order valence-corrected chi connectivity index (χ2v) is 9.40. The lowest BCUT2D eigenvalue weighted by Crippen LogP contribution is -2.45. The van der Waals surface area contributed by atoms with Crippen LogP contribution < -0.4 is 4.90 Å². The molecule has 1 fully saturated rings. The Balaban J connectivity index is 2.10. The molecular formula is C23H26N2O4S. The Kier molecular flexibility index (Phi) is 5.97. The molecule has 1 saturated heterocycles. The predicted octanol–water partition coefficient (Wildman–Crippen LogP) is 3.43. The van der Waals surface area contributed by atoms with E-state index in [0.717, 1.165) is 20.3 Å². The van der Waals surface area contributed by atoms with Crippen LogP contribution in [0.15, 0.2) is 53.9 Å². The average molecular weight is 427 g/mol. The number of imide groups is 1. The molecule has 1 aliphatic heterocycles. The first-order valence-electron chi connectivity index (χ1n) is 9.73. The van der Waals surface area contributed by atoms with E-state index >= 15 is 0 Å². The van der Waals surface area contributed by atoms with Gasteiger partial charge in [-0.15, -0.1) is 6.58 Å². The van der Waals surface area contributed by atoms with E-state index in [4.69, 9.17) is 0 Å². The summed E-state index contributed by atoms with van der Waals surface area (Å²) >= 11 is 0. The monoisotopic (exact) mass is 426 g/mol. The van der Waals surface area contributed by atoms with Crippen molar-refractivity contribution in [2.75, 3.05) is 11.4 Å². The molecule has 158 valence electrons. The van der Waals surface area contributed by atoms with Gasteiger partial charge in [0.15, 0.2) is 0 Å². The molecule has 1 aliphatic rings. The fraction of sp³-hybridized carbons (Fsp3) is 0.304.